The fourth-order valence-corrected chi connectivity index (χ4v) is 5.54. The van der Waals surface area contributed by atoms with Crippen molar-refractivity contribution >= 4 is 40.7 Å². The van der Waals surface area contributed by atoms with Gasteiger partial charge in [-0.25, -0.2) is 4.68 Å². The molecule has 1 heterocycles. The molecule has 3 rings (SSSR count). The lowest BCUT2D eigenvalue weighted by Gasteiger charge is -2.26. The van der Waals surface area contributed by atoms with Crippen LogP contribution in [0.15, 0.2) is 55.1 Å². The van der Waals surface area contributed by atoms with E-state index < -0.39 is 0 Å². The molecule has 1 aromatic heterocycles. The van der Waals surface area contributed by atoms with Gasteiger partial charge in [0.05, 0.1) is 16.4 Å². The molecule has 0 spiro atoms. The maximum absolute atomic E-state index is 13.2. The zero-order chi connectivity index (χ0) is 28.4. The normalized spacial score (nSPS) is 12.8. The summed E-state index contributed by atoms with van der Waals surface area (Å²) in [6.07, 6.45) is 12.6. The lowest BCUT2D eigenvalue weighted by molar-refractivity contribution is 0.0947. The highest BCUT2D eigenvalue weighted by Gasteiger charge is 2.23. The van der Waals surface area contributed by atoms with E-state index in [1.165, 1.54) is 38.5 Å². The van der Waals surface area contributed by atoms with Gasteiger partial charge in [-0.05, 0) is 61.9 Å². The highest BCUT2D eigenvalue weighted by atomic mass is 35.5. The van der Waals surface area contributed by atoms with Gasteiger partial charge in [0.15, 0.2) is 5.69 Å². The number of halogens is 3. The summed E-state index contributed by atoms with van der Waals surface area (Å²) >= 11 is 18.8. The Morgan fingerprint density at radius 3 is 2.28 bits per heavy atom. The summed E-state index contributed by atoms with van der Waals surface area (Å²) in [7, 11) is 0. The van der Waals surface area contributed by atoms with E-state index in [0.717, 1.165) is 36.1 Å². The third-order valence-corrected chi connectivity index (χ3v) is 8.37. The molecule has 0 bridgehead atoms. The van der Waals surface area contributed by atoms with Crippen molar-refractivity contribution in [3.63, 3.8) is 0 Å². The molecule has 2 aromatic carbocycles. The van der Waals surface area contributed by atoms with Crippen molar-refractivity contribution in [2.75, 3.05) is 6.54 Å². The summed E-state index contributed by atoms with van der Waals surface area (Å²) in [5.41, 5.74) is 3.87. The molecule has 0 aliphatic rings. The van der Waals surface area contributed by atoms with Crippen molar-refractivity contribution in [1.29, 1.82) is 0 Å². The number of aromatic nitrogens is 2. The first-order valence-corrected chi connectivity index (χ1v) is 15.0. The van der Waals surface area contributed by atoms with Gasteiger partial charge in [-0.1, -0.05) is 105 Å². The van der Waals surface area contributed by atoms with Crippen LogP contribution in [-0.2, 0) is 0 Å². The third-order valence-electron chi connectivity index (χ3n) is 7.58. The molecular formula is C32H40Cl3N3O. The molecule has 210 valence electrons. The quantitative estimate of drug-likeness (QED) is 0.142. The first-order valence-electron chi connectivity index (χ1n) is 13.9. The summed E-state index contributed by atoms with van der Waals surface area (Å²) in [5.74, 6) is -0.187. The standard InChI is InChI=1S/C32H40Cl3N3O/c1-5-19-32(4,6-2)20-11-9-7-8-10-12-21-36-31(39)29-23(3)30(24-13-15-25(33)16-14-24)38(37-29)28-18-17-26(34)22-27(28)35/h5,13-18,22H,1,6-12,19-21H2,2-4H3,(H,36,39). The fraction of sp³-hybridized carbons (Fsp3) is 0.438. The van der Waals surface area contributed by atoms with E-state index >= 15 is 0 Å². The first-order chi connectivity index (χ1) is 18.7. The minimum absolute atomic E-state index is 0.187. The predicted octanol–water partition coefficient (Wildman–Crippen LogP) is 10.3. The first kappa shape index (κ1) is 31.3. The van der Waals surface area contributed by atoms with E-state index in [9.17, 15) is 4.79 Å². The van der Waals surface area contributed by atoms with Crippen LogP contribution in [0, 0.1) is 12.3 Å². The summed E-state index contributed by atoms with van der Waals surface area (Å²) in [4.78, 5) is 13.2. The Kier molecular flexibility index (Phi) is 12.0. The number of nitrogens with zero attached hydrogens (tertiary/aromatic N) is 2. The van der Waals surface area contributed by atoms with Crippen LogP contribution in [0.25, 0.3) is 16.9 Å². The number of unbranched alkanes of at least 4 members (excludes halogenated alkanes) is 5. The number of hydrogen-bond acceptors (Lipinski definition) is 2. The Balaban J connectivity index is 1.59. The summed E-state index contributed by atoms with van der Waals surface area (Å²) < 4.78 is 1.71. The van der Waals surface area contributed by atoms with E-state index in [1.54, 1.807) is 22.9 Å². The van der Waals surface area contributed by atoms with Gasteiger partial charge in [0.25, 0.3) is 5.91 Å². The van der Waals surface area contributed by atoms with Gasteiger partial charge in [-0.15, -0.1) is 6.58 Å². The number of carbonyl (C=O) groups is 1. The van der Waals surface area contributed by atoms with Crippen molar-refractivity contribution in [1.82, 2.24) is 15.1 Å². The predicted molar refractivity (Wildman–Crippen MR) is 167 cm³/mol. The van der Waals surface area contributed by atoms with Crippen LogP contribution in [0.5, 0.6) is 0 Å². The number of allylic oxidation sites excluding steroid dienone is 1. The monoisotopic (exact) mass is 587 g/mol. The second-order valence-corrected chi connectivity index (χ2v) is 11.9. The molecule has 1 atom stereocenters. The lowest BCUT2D eigenvalue weighted by Crippen LogP contribution is -2.25. The number of nitrogens with one attached hydrogen (secondary N) is 1. The number of rotatable bonds is 15. The summed E-state index contributed by atoms with van der Waals surface area (Å²) in [5, 5.41) is 9.38. The molecule has 1 N–H and O–H groups in total. The molecule has 4 nitrogen and oxygen atoms in total. The zero-order valence-corrected chi connectivity index (χ0v) is 25.6. The van der Waals surface area contributed by atoms with Gasteiger partial charge in [0.1, 0.15) is 0 Å². The van der Waals surface area contributed by atoms with Gasteiger partial charge < -0.3 is 5.32 Å². The topological polar surface area (TPSA) is 46.9 Å². The molecule has 0 aliphatic heterocycles. The van der Waals surface area contributed by atoms with Crippen LogP contribution < -0.4 is 5.32 Å². The molecular weight excluding hydrogens is 549 g/mol. The van der Waals surface area contributed by atoms with Crippen LogP contribution in [0.4, 0.5) is 0 Å². The van der Waals surface area contributed by atoms with Crippen LogP contribution in [0.2, 0.25) is 15.1 Å². The van der Waals surface area contributed by atoms with Gasteiger partial charge in [0.2, 0.25) is 0 Å². The summed E-state index contributed by atoms with van der Waals surface area (Å²) in [6.45, 7) is 11.1. The van der Waals surface area contributed by atoms with E-state index in [1.807, 2.05) is 31.2 Å². The van der Waals surface area contributed by atoms with E-state index in [-0.39, 0.29) is 5.91 Å². The largest absolute Gasteiger partial charge is 0.351 e. The molecule has 3 aromatic rings. The minimum atomic E-state index is -0.187. The highest BCUT2D eigenvalue weighted by molar-refractivity contribution is 6.35. The number of benzene rings is 2. The van der Waals surface area contributed by atoms with Crippen molar-refractivity contribution in [3.05, 3.63) is 81.4 Å². The van der Waals surface area contributed by atoms with Gasteiger partial charge in [0, 0.05) is 27.7 Å². The van der Waals surface area contributed by atoms with E-state index in [2.05, 4.69) is 31.8 Å². The Morgan fingerprint density at radius 2 is 1.64 bits per heavy atom. The maximum atomic E-state index is 13.2. The lowest BCUT2D eigenvalue weighted by atomic mass is 9.79. The number of amides is 1. The zero-order valence-electron chi connectivity index (χ0n) is 23.3. The number of hydrogen-bond donors (Lipinski definition) is 1. The van der Waals surface area contributed by atoms with Crippen LogP contribution >= 0.6 is 34.8 Å². The highest BCUT2D eigenvalue weighted by Crippen LogP contribution is 2.34. The Morgan fingerprint density at radius 1 is 1.00 bits per heavy atom. The molecule has 0 saturated heterocycles. The molecule has 1 amide bonds. The average Bonchev–Trinajstić information content (AvgIpc) is 3.25. The number of carbonyl (C=O) groups excluding carboxylic acids is 1. The van der Waals surface area contributed by atoms with E-state index in [4.69, 9.17) is 39.9 Å². The van der Waals surface area contributed by atoms with Gasteiger partial charge in [-0.3, -0.25) is 4.79 Å². The van der Waals surface area contributed by atoms with Crippen molar-refractivity contribution in [2.24, 2.45) is 5.41 Å². The smallest absolute Gasteiger partial charge is 0.272 e. The van der Waals surface area contributed by atoms with Crippen LogP contribution in [0.1, 0.15) is 87.7 Å². The molecule has 0 fully saturated rings. The second-order valence-electron chi connectivity index (χ2n) is 10.6. The second kappa shape index (κ2) is 14.9. The molecule has 39 heavy (non-hydrogen) atoms. The molecule has 0 radical (unpaired) electrons. The fourth-order valence-electron chi connectivity index (χ4n) is 4.93. The SMILES string of the molecule is C=CCC(C)(CC)CCCCCCCCNC(=O)c1nn(-c2ccc(Cl)cc2Cl)c(-c2ccc(Cl)cc2)c1C. The molecule has 7 heteroatoms. The van der Waals surface area contributed by atoms with Crippen molar-refractivity contribution in [2.45, 2.75) is 78.6 Å². The molecule has 1 unspecified atom stereocenters. The third kappa shape index (κ3) is 8.61. The Bertz CT molecular complexity index is 1250. The average molecular weight is 589 g/mol. The van der Waals surface area contributed by atoms with Crippen molar-refractivity contribution < 1.29 is 4.79 Å². The van der Waals surface area contributed by atoms with Gasteiger partial charge >= 0.3 is 0 Å². The van der Waals surface area contributed by atoms with Crippen LogP contribution in [-0.4, -0.2) is 22.2 Å². The van der Waals surface area contributed by atoms with Gasteiger partial charge in [-0.2, -0.15) is 5.10 Å². The van der Waals surface area contributed by atoms with Crippen LogP contribution in [0.3, 0.4) is 0 Å². The summed E-state index contributed by atoms with van der Waals surface area (Å²) in [6, 6.07) is 12.7. The Hall–Kier alpha value is -2.27. The molecule has 0 aliphatic carbocycles. The van der Waals surface area contributed by atoms with Crippen molar-refractivity contribution in [3.8, 4) is 16.9 Å². The Labute approximate surface area is 248 Å². The van der Waals surface area contributed by atoms with E-state index in [0.29, 0.717) is 38.4 Å². The maximum Gasteiger partial charge on any atom is 0.272 e. The minimum Gasteiger partial charge on any atom is -0.351 e. The molecule has 0 saturated carbocycles.